The Morgan fingerprint density at radius 2 is 1.50 bits per heavy atom. The summed E-state index contributed by atoms with van der Waals surface area (Å²) in [6.45, 7) is 3.06. The fraction of sp³-hybridized carbons (Fsp3) is 0.667. The van der Waals surface area contributed by atoms with Crippen molar-refractivity contribution in [1.82, 2.24) is 0 Å². The molecule has 41 valence electrons. The van der Waals surface area contributed by atoms with Crippen LogP contribution in [-0.4, -0.2) is 5.78 Å². The summed E-state index contributed by atoms with van der Waals surface area (Å²) >= 11 is 1.61. The van der Waals surface area contributed by atoms with Crippen LogP contribution in [0, 0.1) is 0 Å². The second-order valence-corrected chi connectivity index (χ2v) is 0.908. The zero-order valence-corrected chi connectivity index (χ0v) is 6.63. The van der Waals surface area contributed by atoms with Crippen molar-refractivity contribution in [2.24, 2.45) is 0 Å². The van der Waals surface area contributed by atoms with Gasteiger partial charge in [-0.1, -0.05) is 0 Å². The summed E-state index contributed by atoms with van der Waals surface area (Å²) < 4.78 is 0. The standard InChI is InChI=1S/C3H6O.ClH.Pt/c1-3(2)4;;/h1-2H3;1H;/q;;+1/p-1. The van der Waals surface area contributed by atoms with Gasteiger partial charge >= 0.3 is 28.2 Å². The number of hydrogen-bond donors (Lipinski definition) is 0. The van der Waals surface area contributed by atoms with Crippen LogP contribution in [0.25, 0.3) is 0 Å². The van der Waals surface area contributed by atoms with E-state index in [0.717, 1.165) is 0 Å². The number of rotatable bonds is 0. The van der Waals surface area contributed by atoms with Crippen LogP contribution in [0.15, 0.2) is 0 Å². The zero-order valence-electron chi connectivity index (χ0n) is 3.60. The molecule has 0 aliphatic rings. The van der Waals surface area contributed by atoms with Crippen molar-refractivity contribution in [2.75, 3.05) is 0 Å². The van der Waals surface area contributed by atoms with Crippen LogP contribution < -0.4 is 0 Å². The molecule has 0 aromatic carbocycles. The Bertz CT molecular complexity index is 33.8. The Morgan fingerprint density at radius 1 is 1.50 bits per heavy atom. The van der Waals surface area contributed by atoms with Gasteiger partial charge in [0, 0.05) is 0 Å². The third-order valence-electron chi connectivity index (χ3n) is 0. The minimum atomic E-state index is 0.167. The molecule has 1 nitrogen and oxygen atoms in total. The quantitative estimate of drug-likeness (QED) is 0.656. The molecule has 0 unspecified atom stereocenters. The van der Waals surface area contributed by atoms with Crippen molar-refractivity contribution in [3.05, 3.63) is 0 Å². The van der Waals surface area contributed by atoms with E-state index < -0.39 is 0 Å². The van der Waals surface area contributed by atoms with Gasteiger partial charge in [0.1, 0.15) is 5.78 Å². The summed E-state index contributed by atoms with van der Waals surface area (Å²) in [4.78, 5) is 9.44. The first-order chi connectivity index (χ1) is 2.73. The molecule has 0 aromatic heterocycles. The van der Waals surface area contributed by atoms with E-state index in [9.17, 15) is 4.79 Å². The molecule has 0 aromatic rings. The third kappa shape index (κ3) is 147. The van der Waals surface area contributed by atoms with Gasteiger partial charge in [-0.25, -0.2) is 0 Å². The van der Waals surface area contributed by atoms with E-state index in [0.29, 0.717) is 0 Å². The summed E-state index contributed by atoms with van der Waals surface area (Å²) in [6, 6.07) is 0. The molecule has 0 aliphatic carbocycles. The molecular weight excluding hydrogens is 283 g/mol. The van der Waals surface area contributed by atoms with E-state index in [1.54, 1.807) is 18.8 Å². The molecule has 0 radical (unpaired) electrons. The molecule has 0 aliphatic heterocycles. The number of ketones is 1. The maximum atomic E-state index is 9.44. The van der Waals surface area contributed by atoms with E-state index in [4.69, 9.17) is 0 Å². The second-order valence-electron chi connectivity index (χ2n) is 0.908. The van der Waals surface area contributed by atoms with Crippen LogP contribution in [-0.2, 0) is 23.6 Å². The van der Waals surface area contributed by atoms with Gasteiger partial charge in [-0.3, -0.25) is 0 Å². The molecule has 0 bridgehead atoms. The molecule has 0 saturated carbocycles. The summed E-state index contributed by atoms with van der Waals surface area (Å²) in [5.41, 5.74) is 0. The van der Waals surface area contributed by atoms with Gasteiger partial charge in [0.25, 0.3) is 0 Å². The first-order valence-electron chi connectivity index (χ1n) is 1.32. The first kappa shape index (κ1) is 9.82. The third-order valence-corrected chi connectivity index (χ3v) is 0. The summed E-state index contributed by atoms with van der Waals surface area (Å²) in [6.07, 6.45) is 0. The van der Waals surface area contributed by atoms with Gasteiger partial charge in [-0.15, -0.1) is 0 Å². The van der Waals surface area contributed by atoms with Crippen molar-refractivity contribution >= 4 is 15.2 Å². The fourth-order valence-corrected chi connectivity index (χ4v) is 0. The van der Waals surface area contributed by atoms with E-state index in [2.05, 4.69) is 9.42 Å². The first-order valence-corrected chi connectivity index (χ1v) is 4.14. The van der Waals surface area contributed by atoms with Crippen LogP contribution in [0.1, 0.15) is 13.8 Å². The molecule has 0 N–H and O–H groups in total. The number of halogens is 1. The van der Waals surface area contributed by atoms with E-state index >= 15 is 0 Å². The monoisotopic (exact) mass is 288 g/mol. The van der Waals surface area contributed by atoms with Crippen LogP contribution >= 0.6 is 9.42 Å². The number of Topliss-reactive ketones (excluding diaryl/α,β-unsaturated/α-hetero) is 1. The minimum absolute atomic E-state index is 0.167. The molecule has 0 fully saturated rings. The second kappa shape index (κ2) is 9.17. The number of carbonyl (C=O) groups is 1. The van der Waals surface area contributed by atoms with Crippen LogP contribution in [0.2, 0.25) is 0 Å². The Morgan fingerprint density at radius 3 is 1.50 bits per heavy atom. The fourth-order valence-electron chi connectivity index (χ4n) is 0. The van der Waals surface area contributed by atoms with Crippen molar-refractivity contribution in [2.45, 2.75) is 13.8 Å². The van der Waals surface area contributed by atoms with Gasteiger partial charge in [0.15, 0.2) is 0 Å². The van der Waals surface area contributed by atoms with Gasteiger partial charge in [0.05, 0.1) is 0 Å². The maximum absolute atomic E-state index is 9.44. The van der Waals surface area contributed by atoms with Gasteiger partial charge < -0.3 is 4.79 Å². The Labute approximate surface area is 52.9 Å². The predicted molar refractivity (Wildman–Crippen MR) is 22.2 cm³/mol. The van der Waals surface area contributed by atoms with Crippen molar-refractivity contribution in [3.63, 3.8) is 0 Å². The SMILES string of the molecule is CC(C)=O.[Cl][Pt]. The van der Waals surface area contributed by atoms with Gasteiger partial charge in [-0.05, 0) is 13.8 Å². The number of carbonyl (C=O) groups excluding carboxylic acids is 1. The topological polar surface area (TPSA) is 17.1 Å². The van der Waals surface area contributed by atoms with E-state index in [-0.39, 0.29) is 5.78 Å². The Balaban J connectivity index is 0. The molecule has 0 atom stereocenters. The predicted octanol–water partition coefficient (Wildman–Crippen LogP) is 1.28. The molecule has 0 saturated heterocycles. The summed E-state index contributed by atoms with van der Waals surface area (Å²) in [5, 5.41) is 0. The molecule has 3 heteroatoms. The average Bonchev–Trinajstić information content (AvgIpc) is 1.41. The summed E-state index contributed by atoms with van der Waals surface area (Å²) in [7, 11) is 4.61. The molecule has 0 heterocycles. The van der Waals surface area contributed by atoms with Crippen molar-refractivity contribution in [1.29, 1.82) is 0 Å². The zero-order chi connectivity index (χ0) is 5.58. The summed E-state index contributed by atoms with van der Waals surface area (Å²) in [5.74, 6) is 0.167. The van der Waals surface area contributed by atoms with E-state index in [1.165, 1.54) is 13.8 Å². The Hall–Kier alpha value is 0.648. The van der Waals surface area contributed by atoms with Crippen molar-refractivity contribution < 1.29 is 23.6 Å². The average molecular weight is 289 g/mol. The van der Waals surface area contributed by atoms with E-state index in [1.807, 2.05) is 0 Å². The normalized spacial score (nSPS) is 5.50. The Kier molecular flexibility index (Phi) is 15.0. The van der Waals surface area contributed by atoms with Crippen molar-refractivity contribution in [3.8, 4) is 0 Å². The molecule has 0 spiro atoms. The molecule has 0 rings (SSSR count). The van der Waals surface area contributed by atoms with Crippen LogP contribution in [0.3, 0.4) is 0 Å². The molecular formula is C3H6ClOPt. The van der Waals surface area contributed by atoms with Gasteiger partial charge in [0.2, 0.25) is 0 Å². The molecule has 0 amide bonds. The van der Waals surface area contributed by atoms with Crippen LogP contribution in [0.4, 0.5) is 0 Å². The van der Waals surface area contributed by atoms with Gasteiger partial charge in [-0.2, -0.15) is 0 Å². The number of hydrogen-bond acceptors (Lipinski definition) is 1. The van der Waals surface area contributed by atoms with Crippen LogP contribution in [0.5, 0.6) is 0 Å². The molecule has 6 heavy (non-hydrogen) atoms.